The van der Waals surface area contributed by atoms with E-state index in [0.717, 1.165) is 12.8 Å². The number of nitrogens with zero attached hydrogens (tertiary/aromatic N) is 1. The third-order valence-electron chi connectivity index (χ3n) is 4.09. The fraction of sp³-hybridized carbons (Fsp3) is 0.846. The summed E-state index contributed by atoms with van der Waals surface area (Å²) in [6, 6.07) is 2.17. The molecule has 1 aliphatic rings. The van der Waals surface area contributed by atoms with Gasteiger partial charge in [-0.3, -0.25) is 0 Å². The minimum atomic E-state index is -1.73. The molecule has 1 aliphatic carbocycles. The molecule has 0 bridgehead atoms. The number of hydrogen-bond acceptors (Lipinski definition) is 3. The van der Waals surface area contributed by atoms with Gasteiger partial charge in [0.2, 0.25) is 0 Å². The van der Waals surface area contributed by atoms with Crippen LogP contribution in [0.2, 0.25) is 18.1 Å². The smallest absolute Gasteiger partial charge is 0.192 e. The Balaban J connectivity index is 2.62. The van der Waals surface area contributed by atoms with Gasteiger partial charge in [-0.15, -0.1) is 0 Å². The monoisotopic (exact) mass is 252 g/mol. The molecule has 1 rings (SSSR count). The molecule has 0 aromatic carbocycles. The van der Waals surface area contributed by atoms with E-state index < -0.39 is 8.32 Å². The van der Waals surface area contributed by atoms with Gasteiger partial charge < -0.3 is 9.84 Å². The van der Waals surface area contributed by atoms with Crippen molar-refractivity contribution in [1.29, 1.82) is 10.7 Å². The van der Waals surface area contributed by atoms with Gasteiger partial charge in [0.05, 0.1) is 12.2 Å². The van der Waals surface area contributed by atoms with Crippen molar-refractivity contribution in [1.82, 2.24) is 0 Å². The highest BCUT2D eigenvalue weighted by atomic mass is 28.4. The van der Waals surface area contributed by atoms with Crippen molar-refractivity contribution >= 4 is 14.0 Å². The van der Waals surface area contributed by atoms with Crippen LogP contribution in [0.15, 0.2) is 0 Å². The molecule has 0 aliphatic heterocycles. The predicted octanol–water partition coefficient (Wildman–Crippen LogP) is 3.72. The largest absolute Gasteiger partial charge is 0.414 e. The van der Waals surface area contributed by atoms with Crippen molar-refractivity contribution in [2.75, 3.05) is 0 Å². The Morgan fingerprint density at radius 3 is 2.53 bits per heavy atom. The summed E-state index contributed by atoms with van der Waals surface area (Å²) in [7, 11) is -1.73. The van der Waals surface area contributed by atoms with Gasteiger partial charge in [0.15, 0.2) is 8.32 Å². The number of rotatable bonds is 3. The Kier molecular flexibility index (Phi) is 4.16. The summed E-state index contributed by atoms with van der Waals surface area (Å²) in [5.74, 6) is 0.134. The standard InChI is InChI=1S/C13H24N2OSi/c1-13(2,3)17(4,5)16-11-8-10(6-7-14)12(15)9-11/h10-11,15H,6,8-9H2,1-5H3. The normalized spacial score (nSPS) is 26.0. The summed E-state index contributed by atoms with van der Waals surface area (Å²) in [6.07, 6.45) is 2.22. The summed E-state index contributed by atoms with van der Waals surface area (Å²) in [4.78, 5) is 0. The first kappa shape index (κ1) is 14.4. The zero-order valence-corrected chi connectivity index (χ0v) is 12.6. The first-order chi connectivity index (χ1) is 7.67. The Morgan fingerprint density at radius 2 is 2.06 bits per heavy atom. The van der Waals surface area contributed by atoms with E-state index in [-0.39, 0.29) is 17.1 Å². The highest BCUT2D eigenvalue weighted by Crippen LogP contribution is 2.40. The molecule has 3 nitrogen and oxygen atoms in total. The molecule has 0 spiro atoms. The van der Waals surface area contributed by atoms with E-state index in [1.54, 1.807) is 0 Å². The minimum Gasteiger partial charge on any atom is -0.414 e. The van der Waals surface area contributed by atoms with E-state index in [1.165, 1.54) is 0 Å². The summed E-state index contributed by atoms with van der Waals surface area (Å²) < 4.78 is 6.30. The second-order valence-electron chi connectivity index (χ2n) is 6.52. The molecule has 0 aromatic heterocycles. The zero-order valence-electron chi connectivity index (χ0n) is 11.6. The summed E-state index contributed by atoms with van der Waals surface area (Å²) >= 11 is 0. The SMILES string of the molecule is CC(C)(C)[Si](C)(C)OC1CC(=N)C(CC#N)C1. The molecule has 17 heavy (non-hydrogen) atoms. The topological polar surface area (TPSA) is 56.9 Å². The van der Waals surface area contributed by atoms with Crippen LogP contribution >= 0.6 is 0 Å². The van der Waals surface area contributed by atoms with E-state index >= 15 is 0 Å². The lowest BCUT2D eigenvalue weighted by Crippen LogP contribution is -2.43. The Bertz CT molecular complexity index is 338. The van der Waals surface area contributed by atoms with Crippen LogP contribution in [-0.2, 0) is 4.43 Å². The Labute approximate surface area is 106 Å². The average molecular weight is 252 g/mol. The van der Waals surface area contributed by atoms with Gasteiger partial charge in [0, 0.05) is 24.5 Å². The van der Waals surface area contributed by atoms with Gasteiger partial charge in [-0.2, -0.15) is 5.26 Å². The molecule has 0 amide bonds. The van der Waals surface area contributed by atoms with Gasteiger partial charge in [-0.05, 0) is 24.6 Å². The average Bonchev–Trinajstić information content (AvgIpc) is 2.44. The van der Waals surface area contributed by atoms with E-state index in [0.29, 0.717) is 12.1 Å². The van der Waals surface area contributed by atoms with Gasteiger partial charge in [0.25, 0.3) is 0 Å². The lowest BCUT2D eigenvalue weighted by Gasteiger charge is -2.38. The summed E-state index contributed by atoms with van der Waals surface area (Å²) in [5, 5.41) is 16.8. The molecule has 0 saturated heterocycles. The van der Waals surface area contributed by atoms with Crippen molar-refractivity contribution in [3.8, 4) is 6.07 Å². The van der Waals surface area contributed by atoms with Crippen LogP contribution in [-0.4, -0.2) is 20.1 Å². The fourth-order valence-corrected chi connectivity index (χ4v) is 3.32. The van der Waals surface area contributed by atoms with Crippen LogP contribution in [0.3, 0.4) is 0 Å². The lowest BCUT2D eigenvalue weighted by molar-refractivity contribution is 0.184. The third-order valence-corrected chi connectivity index (χ3v) is 8.63. The van der Waals surface area contributed by atoms with E-state index in [2.05, 4.69) is 39.9 Å². The zero-order chi connectivity index (χ0) is 13.3. The molecule has 0 aromatic rings. The molecule has 1 fully saturated rings. The molecular formula is C13H24N2OSi. The fourth-order valence-electron chi connectivity index (χ4n) is 1.95. The van der Waals surface area contributed by atoms with Gasteiger partial charge in [-0.25, -0.2) is 0 Å². The molecule has 96 valence electrons. The summed E-state index contributed by atoms with van der Waals surface area (Å²) in [6.45, 7) is 11.2. The molecule has 0 heterocycles. The van der Waals surface area contributed by atoms with Crippen molar-refractivity contribution in [2.24, 2.45) is 5.92 Å². The van der Waals surface area contributed by atoms with Gasteiger partial charge in [-0.1, -0.05) is 20.8 Å². The molecular weight excluding hydrogens is 228 g/mol. The highest BCUT2D eigenvalue weighted by Gasteiger charge is 2.41. The van der Waals surface area contributed by atoms with E-state index in [1.807, 2.05) is 0 Å². The highest BCUT2D eigenvalue weighted by molar-refractivity contribution is 6.74. The van der Waals surface area contributed by atoms with E-state index in [4.69, 9.17) is 15.1 Å². The van der Waals surface area contributed by atoms with Crippen LogP contribution in [0, 0.1) is 22.7 Å². The maximum absolute atomic E-state index is 8.71. The quantitative estimate of drug-likeness (QED) is 0.778. The molecule has 1 N–H and O–H groups in total. The van der Waals surface area contributed by atoms with Crippen LogP contribution < -0.4 is 0 Å². The lowest BCUT2D eigenvalue weighted by atomic mass is 10.0. The van der Waals surface area contributed by atoms with Crippen molar-refractivity contribution in [3.63, 3.8) is 0 Å². The minimum absolute atomic E-state index is 0.134. The van der Waals surface area contributed by atoms with Crippen LogP contribution in [0.1, 0.15) is 40.0 Å². The van der Waals surface area contributed by atoms with Crippen LogP contribution in [0.4, 0.5) is 0 Å². The third kappa shape index (κ3) is 3.40. The Morgan fingerprint density at radius 1 is 1.47 bits per heavy atom. The summed E-state index contributed by atoms with van der Waals surface area (Å²) in [5.41, 5.74) is 0.704. The molecule has 2 atom stereocenters. The molecule has 1 saturated carbocycles. The second-order valence-corrected chi connectivity index (χ2v) is 11.3. The molecule has 0 radical (unpaired) electrons. The maximum atomic E-state index is 8.71. The van der Waals surface area contributed by atoms with Crippen LogP contribution in [0.25, 0.3) is 0 Å². The predicted molar refractivity (Wildman–Crippen MR) is 72.8 cm³/mol. The second kappa shape index (κ2) is 4.91. The molecule has 2 unspecified atom stereocenters. The van der Waals surface area contributed by atoms with E-state index in [9.17, 15) is 0 Å². The van der Waals surface area contributed by atoms with Crippen molar-refractivity contribution in [2.45, 2.75) is 64.3 Å². The van der Waals surface area contributed by atoms with Crippen molar-refractivity contribution in [3.05, 3.63) is 0 Å². The first-order valence-corrected chi connectivity index (χ1v) is 9.20. The van der Waals surface area contributed by atoms with Crippen LogP contribution in [0.5, 0.6) is 0 Å². The number of hydrogen-bond donors (Lipinski definition) is 1. The van der Waals surface area contributed by atoms with Crippen molar-refractivity contribution < 1.29 is 4.43 Å². The maximum Gasteiger partial charge on any atom is 0.192 e. The molecule has 4 heteroatoms. The van der Waals surface area contributed by atoms with Gasteiger partial charge >= 0.3 is 0 Å². The first-order valence-electron chi connectivity index (χ1n) is 6.29. The Hall–Kier alpha value is -0.663. The van der Waals surface area contributed by atoms with Gasteiger partial charge in [0.1, 0.15) is 0 Å². The number of nitrogens with one attached hydrogen (secondary N) is 1. The number of nitriles is 1.